The van der Waals surface area contributed by atoms with Crippen LogP contribution in [0.1, 0.15) is 36.8 Å². The van der Waals surface area contributed by atoms with Crippen LogP contribution in [0.15, 0.2) is 83.8 Å². The summed E-state index contributed by atoms with van der Waals surface area (Å²) in [6.45, 7) is 5.48. The van der Waals surface area contributed by atoms with Crippen LogP contribution in [0, 0.1) is 5.82 Å². The van der Waals surface area contributed by atoms with Crippen molar-refractivity contribution in [2.75, 3.05) is 5.32 Å². The zero-order valence-corrected chi connectivity index (χ0v) is 20.0. The molecule has 0 spiro atoms. The third kappa shape index (κ3) is 5.18. The van der Waals surface area contributed by atoms with Crippen LogP contribution in [-0.4, -0.2) is 24.4 Å². The second-order valence-corrected chi connectivity index (χ2v) is 10.8. The number of aromatic nitrogens is 1. The maximum Gasteiger partial charge on any atom is 0.272 e. The lowest BCUT2D eigenvalue weighted by atomic mass is 10.1. The Hall–Kier alpha value is -3.49. The highest BCUT2D eigenvalue weighted by Crippen LogP contribution is 2.25. The van der Waals surface area contributed by atoms with E-state index in [2.05, 4.69) is 10.0 Å². The van der Waals surface area contributed by atoms with E-state index in [1.165, 1.54) is 6.07 Å². The molecule has 176 valence electrons. The number of hydrogen-bond donors (Lipinski definition) is 2. The monoisotopic (exact) mass is 479 g/mol. The van der Waals surface area contributed by atoms with Gasteiger partial charge in [-0.1, -0.05) is 48.5 Å². The van der Waals surface area contributed by atoms with E-state index >= 15 is 0 Å². The third-order valence-corrected chi connectivity index (χ3v) is 6.92. The average molecular weight is 480 g/mol. The Bertz CT molecular complexity index is 1460. The molecule has 0 aliphatic rings. The first-order valence-electron chi connectivity index (χ1n) is 10.8. The van der Waals surface area contributed by atoms with Crippen molar-refractivity contribution in [1.82, 2.24) is 9.29 Å². The summed E-state index contributed by atoms with van der Waals surface area (Å²) in [6, 6.07) is 22.7. The Morgan fingerprint density at radius 1 is 0.941 bits per heavy atom. The van der Waals surface area contributed by atoms with Crippen LogP contribution in [0.3, 0.4) is 0 Å². The van der Waals surface area contributed by atoms with E-state index in [0.717, 1.165) is 28.6 Å². The fourth-order valence-corrected chi connectivity index (χ4v) is 5.30. The number of fused-ring (bicyclic) bond motifs is 1. The number of carbonyl (C=O) groups is 1. The van der Waals surface area contributed by atoms with Gasteiger partial charge in [0.15, 0.2) is 0 Å². The Labute approximate surface area is 198 Å². The summed E-state index contributed by atoms with van der Waals surface area (Å²) in [4.78, 5) is 12.8. The number of benzene rings is 3. The van der Waals surface area contributed by atoms with E-state index in [1.807, 2.05) is 59.2 Å². The minimum absolute atomic E-state index is 0.178. The first-order chi connectivity index (χ1) is 16.0. The molecule has 0 radical (unpaired) electrons. The molecule has 0 bridgehead atoms. The quantitative estimate of drug-likeness (QED) is 0.401. The first kappa shape index (κ1) is 23.7. The van der Waals surface area contributed by atoms with Crippen molar-refractivity contribution in [1.29, 1.82) is 0 Å². The van der Waals surface area contributed by atoms with E-state index in [0.29, 0.717) is 12.2 Å². The largest absolute Gasteiger partial charge is 0.332 e. The Morgan fingerprint density at radius 2 is 1.62 bits per heavy atom. The Morgan fingerprint density at radius 3 is 2.32 bits per heavy atom. The molecule has 1 amide bonds. The molecule has 34 heavy (non-hydrogen) atoms. The second-order valence-electron chi connectivity index (χ2n) is 9.11. The van der Waals surface area contributed by atoms with Crippen molar-refractivity contribution in [2.45, 2.75) is 37.8 Å². The molecule has 0 atom stereocenters. The lowest BCUT2D eigenvalue weighted by Crippen LogP contribution is -2.40. The second kappa shape index (κ2) is 9.04. The average Bonchev–Trinajstić information content (AvgIpc) is 3.13. The van der Waals surface area contributed by atoms with Crippen molar-refractivity contribution in [3.05, 3.63) is 95.9 Å². The Kier molecular flexibility index (Phi) is 6.29. The van der Waals surface area contributed by atoms with Gasteiger partial charge in [-0.25, -0.2) is 17.5 Å². The fourth-order valence-electron chi connectivity index (χ4n) is 3.78. The molecule has 0 fully saturated rings. The van der Waals surface area contributed by atoms with Crippen molar-refractivity contribution in [3.8, 4) is 0 Å². The number of hydrogen-bond acceptors (Lipinski definition) is 3. The SMILES string of the molecule is CC(C)(C)NS(=O)(=O)c1cc(NC(=O)c2cc3ccccc3n2Cc2ccccc2)ccc1F. The number of halogens is 1. The molecule has 0 saturated carbocycles. The van der Waals surface area contributed by atoms with E-state index in [4.69, 9.17) is 0 Å². The molecule has 1 heterocycles. The van der Waals surface area contributed by atoms with Crippen LogP contribution < -0.4 is 10.0 Å². The van der Waals surface area contributed by atoms with Gasteiger partial charge < -0.3 is 9.88 Å². The maximum absolute atomic E-state index is 14.4. The van der Waals surface area contributed by atoms with Crippen LogP contribution in [0.2, 0.25) is 0 Å². The van der Waals surface area contributed by atoms with Gasteiger partial charge in [0.1, 0.15) is 16.4 Å². The van der Waals surface area contributed by atoms with Crippen LogP contribution in [0.4, 0.5) is 10.1 Å². The summed E-state index contributed by atoms with van der Waals surface area (Å²) in [7, 11) is -4.12. The number of nitrogens with one attached hydrogen (secondary N) is 2. The van der Waals surface area contributed by atoms with Gasteiger partial charge in [-0.2, -0.15) is 0 Å². The zero-order chi connectivity index (χ0) is 24.5. The predicted octanol–water partition coefficient (Wildman–Crippen LogP) is 5.16. The molecule has 4 aromatic rings. The van der Waals surface area contributed by atoms with E-state index < -0.39 is 32.2 Å². The van der Waals surface area contributed by atoms with Gasteiger partial charge in [-0.3, -0.25) is 4.79 Å². The number of nitrogens with zero attached hydrogens (tertiary/aromatic N) is 1. The van der Waals surface area contributed by atoms with Gasteiger partial charge in [0.2, 0.25) is 10.0 Å². The van der Waals surface area contributed by atoms with Crippen LogP contribution in [-0.2, 0) is 16.6 Å². The molecule has 6 nitrogen and oxygen atoms in total. The van der Waals surface area contributed by atoms with Gasteiger partial charge in [-0.15, -0.1) is 0 Å². The summed E-state index contributed by atoms with van der Waals surface area (Å²) in [6.07, 6.45) is 0. The highest BCUT2D eigenvalue weighted by Gasteiger charge is 2.26. The highest BCUT2D eigenvalue weighted by molar-refractivity contribution is 7.89. The van der Waals surface area contributed by atoms with Gasteiger partial charge in [0.25, 0.3) is 5.91 Å². The third-order valence-electron chi connectivity index (χ3n) is 5.15. The van der Waals surface area contributed by atoms with E-state index in [-0.39, 0.29) is 5.69 Å². The molecule has 2 N–H and O–H groups in total. The molecule has 0 saturated heterocycles. The summed E-state index contributed by atoms with van der Waals surface area (Å²) >= 11 is 0. The van der Waals surface area contributed by atoms with Crippen LogP contribution >= 0.6 is 0 Å². The van der Waals surface area contributed by atoms with Gasteiger partial charge in [-0.05, 0) is 56.7 Å². The van der Waals surface area contributed by atoms with Crippen molar-refractivity contribution < 1.29 is 17.6 Å². The lowest BCUT2D eigenvalue weighted by Gasteiger charge is -2.21. The van der Waals surface area contributed by atoms with E-state index in [1.54, 1.807) is 26.8 Å². The molecule has 4 rings (SSSR count). The summed E-state index contributed by atoms with van der Waals surface area (Å²) < 4.78 is 44.1. The van der Waals surface area contributed by atoms with Gasteiger partial charge >= 0.3 is 0 Å². The molecule has 8 heteroatoms. The number of amides is 1. The van der Waals surface area contributed by atoms with Crippen molar-refractivity contribution in [3.63, 3.8) is 0 Å². The van der Waals surface area contributed by atoms with Crippen LogP contribution in [0.5, 0.6) is 0 Å². The number of anilines is 1. The van der Waals surface area contributed by atoms with Crippen molar-refractivity contribution in [2.24, 2.45) is 0 Å². The summed E-state index contributed by atoms with van der Waals surface area (Å²) in [5, 5.41) is 3.63. The minimum Gasteiger partial charge on any atom is -0.332 e. The van der Waals surface area contributed by atoms with E-state index in [9.17, 15) is 17.6 Å². The summed E-state index contributed by atoms with van der Waals surface area (Å²) in [5.41, 5.74) is 1.72. The molecular weight excluding hydrogens is 453 g/mol. The molecule has 1 aromatic heterocycles. The molecule has 0 unspecified atom stereocenters. The zero-order valence-electron chi connectivity index (χ0n) is 19.2. The number of sulfonamides is 1. The predicted molar refractivity (Wildman–Crippen MR) is 132 cm³/mol. The van der Waals surface area contributed by atoms with Crippen LogP contribution in [0.25, 0.3) is 10.9 Å². The first-order valence-corrected chi connectivity index (χ1v) is 12.3. The summed E-state index contributed by atoms with van der Waals surface area (Å²) in [5.74, 6) is -1.32. The normalized spacial score (nSPS) is 12.1. The fraction of sp³-hybridized carbons (Fsp3) is 0.192. The minimum atomic E-state index is -4.12. The molecular formula is C26H26FN3O3S. The van der Waals surface area contributed by atoms with Gasteiger partial charge in [0.05, 0.1) is 0 Å². The molecule has 3 aromatic carbocycles. The standard InChI is InChI=1S/C26H26FN3O3S/c1-26(2,3)29-34(32,33)24-16-20(13-14-21(24)27)28-25(31)23-15-19-11-7-8-12-22(19)30(23)17-18-9-5-4-6-10-18/h4-16,29H,17H2,1-3H3,(H,28,31). The number of para-hydroxylation sites is 1. The van der Waals surface area contributed by atoms with Gasteiger partial charge in [0, 0.05) is 28.7 Å². The maximum atomic E-state index is 14.4. The lowest BCUT2D eigenvalue weighted by molar-refractivity contribution is 0.101. The number of carbonyl (C=O) groups excluding carboxylic acids is 1. The molecule has 0 aliphatic heterocycles. The van der Waals surface area contributed by atoms with Crippen molar-refractivity contribution >= 4 is 32.5 Å². The topological polar surface area (TPSA) is 80.2 Å². The number of rotatable bonds is 6. The molecule has 0 aliphatic carbocycles. The smallest absolute Gasteiger partial charge is 0.272 e. The Balaban J connectivity index is 1.69. The highest BCUT2D eigenvalue weighted by atomic mass is 32.2.